The summed E-state index contributed by atoms with van der Waals surface area (Å²) in [7, 11) is 1.63. The molecule has 0 aliphatic rings. The van der Waals surface area contributed by atoms with E-state index in [1.165, 1.54) is 6.33 Å². The number of aliphatic hydroxyl groups is 1. The van der Waals surface area contributed by atoms with Gasteiger partial charge in [0.05, 0.1) is 25.8 Å². The summed E-state index contributed by atoms with van der Waals surface area (Å²) in [6, 6.07) is 3.77. The van der Waals surface area contributed by atoms with E-state index in [4.69, 9.17) is 14.6 Å². The van der Waals surface area contributed by atoms with E-state index in [-0.39, 0.29) is 6.61 Å². The predicted molar refractivity (Wildman–Crippen MR) is 94.6 cm³/mol. The molecule has 1 heterocycles. The molecule has 1 aromatic carbocycles. The topological polar surface area (TPSA) is 67.7 Å². The number of rotatable bonds is 10. The molecule has 0 spiro atoms. The maximum Gasteiger partial charge on any atom is 0.163 e. The molecular weight excluding hydrogens is 306 g/mol. The van der Waals surface area contributed by atoms with Crippen molar-refractivity contribution in [3.05, 3.63) is 24.7 Å². The third-order valence-electron chi connectivity index (χ3n) is 3.71. The summed E-state index contributed by atoms with van der Waals surface area (Å²) in [6.07, 6.45) is 4.17. The maximum absolute atomic E-state index is 9.15. The number of benzene rings is 1. The van der Waals surface area contributed by atoms with E-state index in [0.717, 1.165) is 30.4 Å². The summed E-state index contributed by atoms with van der Waals surface area (Å²) in [5.74, 6) is 1.96. The average Bonchev–Trinajstić information content (AvgIpc) is 2.57. The Balaban J connectivity index is 1.92. The lowest BCUT2D eigenvalue weighted by Gasteiger charge is -2.23. The summed E-state index contributed by atoms with van der Waals surface area (Å²) >= 11 is 0. The first-order valence-corrected chi connectivity index (χ1v) is 8.37. The Morgan fingerprint density at radius 3 is 2.75 bits per heavy atom. The van der Waals surface area contributed by atoms with Crippen molar-refractivity contribution in [3.63, 3.8) is 0 Å². The molecule has 6 heteroatoms. The van der Waals surface area contributed by atoms with Crippen LogP contribution >= 0.6 is 0 Å². The number of fused-ring (bicyclic) bond motifs is 1. The molecule has 0 saturated carbocycles. The van der Waals surface area contributed by atoms with Crippen molar-refractivity contribution >= 4 is 10.9 Å². The molecule has 2 aromatic rings. The van der Waals surface area contributed by atoms with Crippen LogP contribution in [0.4, 0.5) is 0 Å². The van der Waals surface area contributed by atoms with Gasteiger partial charge in [0, 0.05) is 37.3 Å². The largest absolute Gasteiger partial charge is 0.493 e. The van der Waals surface area contributed by atoms with E-state index in [1.807, 2.05) is 12.1 Å². The van der Waals surface area contributed by atoms with Crippen LogP contribution in [0.1, 0.15) is 20.3 Å². The first-order chi connectivity index (χ1) is 11.6. The fraction of sp³-hybridized carbons (Fsp3) is 0.556. The number of aliphatic hydroxyl groups excluding tert-OH is 1. The van der Waals surface area contributed by atoms with Gasteiger partial charge in [-0.3, -0.25) is 0 Å². The van der Waals surface area contributed by atoms with Gasteiger partial charge in [-0.2, -0.15) is 0 Å². The average molecular weight is 333 g/mol. The van der Waals surface area contributed by atoms with Gasteiger partial charge in [-0.25, -0.2) is 9.97 Å². The lowest BCUT2D eigenvalue weighted by molar-refractivity contribution is 0.169. The van der Waals surface area contributed by atoms with Gasteiger partial charge in [-0.1, -0.05) is 13.8 Å². The molecule has 2 rings (SSSR count). The van der Waals surface area contributed by atoms with Gasteiger partial charge in [-0.15, -0.1) is 0 Å². The van der Waals surface area contributed by atoms with Crippen molar-refractivity contribution in [2.24, 2.45) is 5.92 Å². The fourth-order valence-electron chi connectivity index (χ4n) is 2.68. The molecule has 0 unspecified atom stereocenters. The standard InChI is InChI=1S/C18H27N3O3/c1-14(2)12-21(6-7-22)5-4-8-24-18-10-16-15(9-17(18)23-3)11-19-13-20-16/h9-11,13-14,22H,4-8,12H2,1-3H3. The van der Waals surface area contributed by atoms with Crippen LogP contribution in [0.3, 0.4) is 0 Å². The third kappa shape index (κ3) is 5.32. The molecule has 0 bridgehead atoms. The van der Waals surface area contributed by atoms with Gasteiger partial charge in [0.25, 0.3) is 0 Å². The zero-order chi connectivity index (χ0) is 17.4. The lowest BCUT2D eigenvalue weighted by atomic mass is 10.2. The molecule has 0 aliphatic carbocycles. The molecule has 0 radical (unpaired) electrons. The molecule has 0 saturated heterocycles. The molecule has 0 aliphatic heterocycles. The van der Waals surface area contributed by atoms with Crippen LogP contribution in [0, 0.1) is 5.92 Å². The third-order valence-corrected chi connectivity index (χ3v) is 3.71. The summed E-state index contributed by atoms with van der Waals surface area (Å²) in [6.45, 7) is 7.73. The molecule has 0 atom stereocenters. The van der Waals surface area contributed by atoms with Crippen molar-refractivity contribution in [2.45, 2.75) is 20.3 Å². The summed E-state index contributed by atoms with van der Waals surface area (Å²) in [5, 5.41) is 10.1. The van der Waals surface area contributed by atoms with E-state index in [2.05, 4.69) is 28.7 Å². The highest BCUT2D eigenvalue weighted by Crippen LogP contribution is 2.31. The second-order valence-corrected chi connectivity index (χ2v) is 6.20. The van der Waals surface area contributed by atoms with Crippen LogP contribution in [0.15, 0.2) is 24.7 Å². The van der Waals surface area contributed by atoms with Crippen molar-refractivity contribution < 1.29 is 14.6 Å². The van der Waals surface area contributed by atoms with Crippen molar-refractivity contribution in [1.29, 1.82) is 0 Å². The number of ether oxygens (including phenoxy) is 2. The Morgan fingerprint density at radius 2 is 2.04 bits per heavy atom. The van der Waals surface area contributed by atoms with Crippen molar-refractivity contribution in [1.82, 2.24) is 14.9 Å². The second kappa shape index (κ2) is 9.39. The number of hydrogen-bond donors (Lipinski definition) is 1. The molecule has 0 amide bonds. The first-order valence-electron chi connectivity index (χ1n) is 8.37. The molecule has 0 fully saturated rings. The summed E-state index contributed by atoms with van der Waals surface area (Å²) < 4.78 is 11.3. The number of methoxy groups -OCH3 is 1. The van der Waals surface area contributed by atoms with E-state index in [1.54, 1.807) is 13.3 Å². The molecular formula is C18H27N3O3. The van der Waals surface area contributed by atoms with E-state index in [0.29, 0.717) is 30.6 Å². The maximum atomic E-state index is 9.15. The van der Waals surface area contributed by atoms with Crippen LogP contribution in [0.2, 0.25) is 0 Å². The Morgan fingerprint density at radius 1 is 1.21 bits per heavy atom. The summed E-state index contributed by atoms with van der Waals surface area (Å²) in [4.78, 5) is 10.5. The van der Waals surface area contributed by atoms with E-state index >= 15 is 0 Å². The number of nitrogens with zero attached hydrogens (tertiary/aromatic N) is 3. The normalized spacial score (nSPS) is 11.4. The molecule has 24 heavy (non-hydrogen) atoms. The minimum Gasteiger partial charge on any atom is -0.493 e. The van der Waals surface area contributed by atoms with Crippen molar-refractivity contribution in [2.75, 3.05) is 40.0 Å². The molecule has 1 N–H and O–H groups in total. The Bertz CT molecular complexity index is 634. The first kappa shape index (κ1) is 18.4. The molecule has 132 valence electrons. The zero-order valence-corrected chi connectivity index (χ0v) is 14.7. The zero-order valence-electron chi connectivity index (χ0n) is 14.7. The highest BCUT2D eigenvalue weighted by Gasteiger charge is 2.09. The fourth-order valence-corrected chi connectivity index (χ4v) is 2.68. The smallest absolute Gasteiger partial charge is 0.163 e. The van der Waals surface area contributed by atoms with Gasteiger partial charge < -0.3 is 19.5 Å². The van der Waals surface area contributed by atoms with E-state index < -0.39 is 0 Å². The molecule has 6 nitrogen and oxygen atoms in total. The van der Waals surface area contributed by atoms with Crippen LogP contribution in [0.5, 0.6) is 11.5 Å². The minimum absolute atomic E-state index is 0.186. The highest BCUT2D eigenvalue weighted by atomic mass is 16.5. The van der Waals surface area contributed by atoms with E-state index in [9.17, 15) is 0 Å². The lowest BCUT2D eigenvalue weighted by Crippen LogP contribution is -2.32. The van der Waals surface area contributed by atoms with Gasteiger partial charge in [0.2, 0.25) is 0 Å². The van der Waals surface area contributed by atoms with Gasteiger partial charge in [-0.05, 0) is 18.4 Å². The number of hydrogen-bond acceptors (Lipinski definition) is 6. The van der Waals surface area contributed by atoms with Crippen molar-refractivity contribution in [3.8, 4) is 11.5 Å². The Kier molecular flexibility index (Phi) is 7.21. The summed E-state index contributed by atoms with van der Waals surface area (Å²) in [5.41, 5.74) is 0.836. The van der Waals surface area contributed by atoms with Crippen LogP contribution < -0.4 is 9.47 Å². The molecule has 1 aromatic heterocycles. The Labute approximate surface area is 143 Å². The predicted octanol–water partition coefficient (Wildman–Crippen LogP) is 2.36. The minimum atomic E-state index is 0.186. The van der Waals surface area contributed by atoms with Crippen LogP contribution in [-0.2, 0) is 0 Å². The Hall–Kier alpha value is -1.92. The van der Waals surface area contributed by atoms with Crippen LogP contribution in [0.25, 0.3) is 10.9 Å². The van der Waals surface area contributed by atoms with Crippen LogP contribution in [-0.4, -0.2) is 59.9 Å². The number of aromatic nitrogens is 2. The van der Waals surface area contributed by atoms with Gasteiger partial charge in [0.1, 0.15) is 6.33 Å². The highest BCUT2D eigenvalue weighted by molar-refractivity contribution is 5.81. The van der Waals surface area contributed by atoms with Gasteiger partial charge in [0.15, 0.2) is 11.5 Å². The SMILES string of the molecule is COc1cc2cncnc2cc1OCCCN(CCO)CC(C)C. The monoisotopic (exact) mass is 333 g/mol. The van der Waals surface area contributed by atoms with Gasteiger partial charge >= 0.3 is 0 Å². The second-order valence-electron chi connectivity index (χ2n) is 6.20. The quantitative estimate of drug-likeness (QED) is 0.673.